The standard InChI is InChI=1S/C26H29NO/c1-17(2)13-16-22-18(3)14-15-19(4)25(22)26(28)27-20(5)23-12-8-10-21-9-6-7-11-24(21)23/h6-17,20H,1-5H3,(H,27,28)/b16-13-. The van der Waals surface area contributed by atoms with Gasteiger partial charge in [0.15, 0.2) is 0 Å². The van der Waals surface area contributed by atoms with Crippen molar-refractivity contribution in [3.8, 4) is 0 Å². The zero-order valence-corrected chi connectivity index (χ0v) is 17.4. The van der Waals surface area contributed by atoms with E-state index in [-0.39, 0.29) is 11.9 Å². The van der Waals surface area contributed by atoms with Crippen molar-refractivity contribution in [3.63, 3.8) is 0 Å². The molecule has 3 aromatic rings. The summed E-state index contributed by atoms with van der Waals surface area (Å²) in [4.78, 5) is 13.3. The van der Waals surface area contributed by atoms with E-state index in [1.807, 2.05) is 25.1 Å². The molecule has 1 atom stereocenters. The van der Waals surface area contributed by atoms with Gasteiger partial charge in [-0.2, -0.15) is 0 Å². The Morgan fingerprint density at radius 1 is 0.893 bits per heavy atom. The molecule has 1 N–H and O–H groups in total. The number of carbonyl (C=O) groups is 1. The van der Waals surface area contributed by atoms with Crippen molar-refractivity contribution in [2.75, 3.05) is 0 Å². The highest BCUT2D eigenvalue weighted by Gasteiger charge is 2.18. The molecule has 0 saturated heterocycles. The van der Waals surface area contributed by atoms with Crippen molar-refractivity contribution in [2.24, 2.45) is 5.92 Å². The summed E-state index contributed by atoms with van der Waals surface area (Å²) in [5.41, 5.74) is 5.03. The molecule has 0 aliphatic rings. The van der Waals surface area contributed by atoms with Crippen molar-refractivity contribution in [2.45, 2.75) is 40.7 Å². The number of carbonyl (C=O) groups excluding carboxylic acids is 1. The topological polar surface area (TPSA) is 29.1 Å². The van der Waals surface area contributed by atoms with Crippen LogP contribution in [-0.2, 0) is 0 Å². The predicted molar refractivity (Wildman–Crippen MR) is 120 cm³/mol. The fourth-order valence-corrected chi connectivity index (χ4v) is 3.61. The second-order valence-electron chi connectivity index (χ2n) is 7.85. The minimum Gasteiger partial charge on any atom is -0.345 e. The van der Waals surface area contributed by atoms with Crippen LogP contribution in [0.5, 0.6) is 0 Å². The van der Waals surface area contributed by atoms with E-state index in [0.717, 1.165) is 27.8 Å². The molecule has 0 saturated carbocycles. The molecule has 2 heteroatoms. The van der Waals surface area contributed by atoms with Gasteiger partial charge in [-0.05, 0) is 59.7 Å². The van der Waals surface area contributed by atoms with Crippen molar-refractivity contribution in [1.82, 2.24) is 5.32 Å². The smallest absolute Gasteiger partial charge is 0.252 e. The number of hydrogen-bond acceptors (Lipinski definition) is 1. The molecule has 2 nitrogen and oxygen atoms in total. The van der Waals surface area contributed by atoms with Crippen LogP contribution in [0.1, 0.15) is 59.4 Å². The number of nitrogens with one attached hydrogen (secondary N) is 1. The average Bonchev–Trinajstić information content (AvgIpc) is 2.67. The first kappa shape index (κ1) is 19.9. The van der Waals surface area contributed by atoms with Crippen molar-refractivity contribution < 1.29 is 4.79 Å². The first-order valence-corrected chi connectivity index (χ1v) is 9.95. The molecule has 144 valence electrons. The zero-order chi connectivity index (χ0) is 20.3. The lowest BCUT2D eigenvalue weighted by atomic mass is 9.94. The number of aryl methyl sites for hydroxylation is 2. The quantitative estimate of drug-likeness (QED) is 0.537. The maximum atomic E-state index is 13.3. The molecule has 0 aliphatic heterocycles. The maximum Gasteiger partial charge on any atom is 0.252 e. The monoisotopic (exact) mass is 371 g/mol. The van der Waals surface area contributed by atoms with Crippen molar-refractivity contribution in [1.29, 1.82) is 0 Å². The third-order valence-corrected chi connectivity index (χ3v) is 5.18. The molecule has 1 unspecified atom stereocenters. The van der Waals surface area contributed by atoms with Gasteiger partial charge in [-0.25, -0.2) is 0 Å². The van der Waals surface area contributed by atoms with Crippen molar-refractivity contribution in [3.05, 3.63) is 88.5 Å². The van der Waals surface area contributed by atoms with E-state index in [0.29, 0.717) is 5.92 Å². The highest BCUT2D eigenvalue weighted by molar-refractivity contribution is 6.00. The molecular weight excluding hydrogens is 342 g/mol. The lowest BCUT2D eigenvalue weighted by molar-refractivity contribution is 0.0939. The van der Waals surface area contributed by atoms with Gasteiger partial charge in [0.05, 0.1) is 6.04 Å². The van der Waals surface area contributed by atoms with E-state index in [9.17, 15) is 4.79 Å². The Hall–Kier alpha value is -2.87. The lowest BCUT2D eigenvalue weighted by Crippen LogP contribution is -2.28. The molecule has 0 aliphatic carbocycles. The summed E-state index contributed by atoms with van der Waals surface area (Å²) in [7, 11) is 0. The molecule has 3 aromatic carbocycles. The second kappa shape index (κ2) is 8.43. The molecule has 0 fully saturated rings. The highest BCUT2D eigenvalue weighted by atomic mass is 16.1. The van der Waals surface area contributed by atoms with E-state index < -0.39 is 0 Å². The average molecular weight is 372 g/mol. The van der Waals surface area contributed by atoms with Gasteiger partial charge in [0, 0.05) is 5.56 Å². The number of benzene rings is 3. The van der Waals surface area contributed by atoms with Gasteiger partial charge in [-0.1, -0.05) is 80.6 Å². The Labute approximate surface area is 168 Å². The van der Waals surface area contributed by atoms with Gasteiger partial charge in [0.1, 0.15) is 0 Å². The summed E-state index contributed by atoms with van der Waals surface area (Å²) in [5, 5.41) is 5.60. The van der Waals surface area contributed by atoms with E-state index in [4.69, 9.17) is 0 Å². The van der Waals surface area contributed by atoms with Crippen LogP contribution in [0.4, 0.5) is 0 Å². The van der Waals surface area contributed by atoms with Crippen LogP contribution < -0.4 is 5.32 Å². The number of hydrogen-bond donors (Lipinski definition) is 1. The molecule has 1 amide bonds. The maximum absolute atomic E-state index is 13.3. The highest BCUT2D eigenvalue weighted by Crippen LogP contribution is 2.26. The largest absolute Gasteiger partial charge is 0.345 e. The fraction of sp³-hybridized carbons (Fsp3) is 0.269. The third-order valence-electron chi connectivity index (χ3n) is 5.18. The van der Waals surface area contributed by atoms with Gasteiger partial charge >= 0.3 is 0 Å². The summed E-state index contributed by atoms with van der Waals surface area (Å²) >= 11 is 0. The van der Waals surface area contributed by atoms with Gasteiger partial charge in [0.2, 0.25) is 0 Å². The fourth-order valence-electron chi connectivity index (χ4n) is 3.61. The minimum atomic E-state index is -0.0829. The molecule has 0 radical (unpaired) electrons. The Kier molecular flexibility index (Phi) is 5.99. The van der Waals surface area contributed by atoms with Crippen LogP contribution in [0.15, 0.2) is 60.7 Å². The van der Waals surface area contributed by atoms with Crippen molar-refractivity contribution >= 4 is 22.8 Å². The van der Waals surface area contributed by atoms with Gasteiger partial charge in [-0.3, -0.25) is 4.79 Å². The normalized spacial score (nSPS) is 12.6. The van der Waals surface area contributed by atoms with Gasteiger partial charge in [-0.15, -0.1) is 0 Å². The van der Waals surface area contributed by atoms with E-state index >= 15 is 0 Å². The molecular formula is C26H29NO. The summed E-state index contributed by atoms with van der Waals surface area (Å²) in [6, 6.07) is 18.6. The number of rotatable bonds is 5. The van der Waals surface area contributed by atoms with Crippen LogP contribution in [0, 0.1) is 19.8 Å². The summed E-state index contributed by atoms with van der Waals surface area (Å²) < 4.78 is 0. The molecule has 0 heterocycles. The van der Waals surface area contributed by atoms with Gasteiger partial charge < -0.3 is 5.32 Å². The molecule has 0 aromatic heterocycles. The number of amides is 1. The van der Waals surface area contributed by atoms with Crippen LogP contribution in [0.3, 0.4) is 0 Å². The first-order valence-electron chi connectivity index (χ1n) is 9.95. The molecule has 3 rings (SSSR count). The first-order chi connectivity index (χ1) is 13.4. The van der Waals surface area contributed by atoms with Gasteiger partial charge in [0.25, 0.3) is 5.91 Å². The minimum absolute atomic E-state index is 0.0231. The van der Waals surface area contributed by atoms with E-state index in [2.05, 4.69) is 81.6 Å². The molecule has 0 bridgehead atoms. The Morgan fingerprint density at radius 2 is 1.57 bits per heavy atom. The van der Waals surface area contributed by atoms with E-state index in [1.165, 1.54) is 10.8 Å². The van der Waals surface area contributed by atoms with E-state index in [1.54, 1.807) is 0 Å². The van der Waals surface area contributed by atoms with Crippen LogP contribution >= 0.6 is 0 Å². The summed E-state index contributed by atoms with van der Waals surface area (Å²) in [6.45, 7) is 10.4. The number of allylic oxidation sites excluding steroid dienone is 1. The van der Waals surface area contributed by atoms with Crippen LogP contribution in [0.2, 0.25) is 0 Å². The van der Waals surface area contributed by atoms with Crippen LogP contribution in [0.25, 0.3) is 16.8 Å². The predicted octanol–water partition coefficient (Wildman–Crippen LogP) is 6.62. The summed E-state index contributed by atoms with van der Waals surface area (Å²) in [5.74, 6) is 0.412. The van der Waals surface area contributed by atoms with Crippen LogP contribution in [-0.4, -0.2) is 5.91 Å². The third kappa shape index (κ3) is 4.17. The Morgan fingerprint density at radius 3 is 2.32 bits per heavy atom. The summed E-state index contributed by atoms with van der Waals surface area (Å²) in [6.07, 6.45) is 4.23. The lowest BCUT2D eigenvalue weighted by Gasteiger charge is -2.19. The molecule has 0 spiro atoms. The SMILES string of the molecule is Cc1ccc(C)c(C(=O)NC(C)c2cccc3ccccc23)c1/C=C\C(C)C. The zero-order valence-electron chi connectivity index (χ0n) is 17.4. The Balaban J connectivity index is 1.96. The molecule has 28 heavy (non-hydrogen) atoms. The second-order valence-corrected chi connectivity index (χ2v) is 7.85. The number of fused-ring (bicyclic) bond motifs is 1. The Bertz CT molecular complexity index is 1020.